The van der Waals surface area contributed by atoms with Gasteiger partial charge >= 0.3 is 5.97 Å². The van der Waals surface area contributed by atoms with E-state index in [1.54, 1.807) is 19.9 Å². The van der Waals surface area contributed by atoms with Crippen LogP contribution >= 0.6 is 0 Å². The summed E-state index contributed by atoms with van der Waals surface area (Å²) in [6.45, 7) is 3.37. The van der Waals surface area contributed by atoms with Crippen molar-refractivity contribution in [2.24, 2.45) is 17.3 Å². The maximum atomic E-state index is 13.4. The largest absolute Gasteiger partial charge is 0.452 e. The number of rotatable bonds is 5. The summed E-state index contributed by atoms with van der Waals surface area (Å²) >= 11 is 0. The number of benzene rings is 1. The van der Waals surface area contributed by atoms with E-state index in [1.165, 1.54) is 12.0 Å². The van der Waals surface area contributed by atoms with Crippen LogP contribution in [0.2, 0.25) is 0 Å². The van der Waals surface area contributed by atoms with E-state index < -0.39 is 11.5 Å². The van der Waals surface area contributed by atoms with Crippen molar-refractivity contribution in [1.82, 2.24) is 5.16 Å². The van der Waals surface area contributed by atoms with Gasteiger partial charge in [-0.15, -0.1) is 0 Å². The van der Waals surface area contributed by atoms with Gasteiger partial charge in [0.15, 0.2) is 11.9 Å². The van der Waals surface area contributed by atoms with E-state index in [0.717, 1.165) is 32.1 Å². The molecule has 1 heterocycles. The van der Waals surface area contributed by atoms with Gasteiger partial charge in [-0.3, -0.25) is 9.59 Å². The van der Waals surface area contributed by atoms with Crippen LogP contribution in [-0.2, 0) is 19.7 Å². The Morgan fingerprint density at radius 2 is 1.87 bits per heavy atom. The number of carbonyl (C=O) groups excluding carboxylic acids is 2. The number of amides is 1. The van der Waals surface area contributed by atoms with Crippen LogP contribution in [0.1, 0.15) is 56.8 Å². The molecule has 0 radical (unpaired) electrons. The van der Waals surface area contributed by atoms with Crippen molar-refractivity contribution in [2.75, 3.05) is 5.32 Å². The van der Waals surface area contributed by atoms with Gasteiger partial charge in [0.25, 0.3) is 5.91 Å². The first kappa shape index (κ1) is 19.3. The molecule has 1 aromatic heterocycles. The first-order chi connectivity index (χ1) is 14.4. The van der Waals surface area contributed by atoms with E-state index in [0.29, 0.717) is 23.4 Å². The van der Waals surface area contributed by atoms with E-state index in [1.807, 2.05) is 6.07 Å². The van der Waals surface area contributed by atoms with Gasteiger partial charge in [-0.2, -0.15) is 0 Å². The molecule has 4 bridgehead atoms. The maximum absolute atomic E-state index is 13.4. The van der Waals surface area contributed by atoms with Crippen LogP contribution in [0.4, 0.5) is 5.82 Å². The number of hydrogen-bond donors (Lipinski definition) is 1. The highest BCUT2D eigenvalue weighted by molar-refractivity contribution is 5.94. The fraction of sp³-hybridized carbons (Fsp3) is 0.542. The molecule has 2 unspecified atom stereocenters. The molecular weight excluding hydrogens is 380 g/mol. The van der Waals surface area contributed by atoms with E-state index in [-0.39, 0.29) is 17.3 Å². The highest BCUT2D eigenvalue weighted by Gasteiger charge is 2.61. The van der Waals surface area contributed by atoms with Crippen LogP contribution in [0, 0.1) is 24.2 Å². The minimum Gasteiger partial charge on any atom is -0.452 e. The zero-order chi connectivity index (χ0) is 20.9. The topological polar surface area (TPSA) is 81.4 Å². The SMILES string of the molecule is Cc1cc(NC(=O)[C@H](C)OC(=O)C23C[C@H]4C[C@@H](C2)CC(c2ccccc2)(C4)C3)no1. The Hall–Kier alpha value is -2.63. The number of nitrogens with zero attached hydrogens (tertiary/aromatic N) is 1. The molecule has 6 nitrogen and oxygen atoms in total. The molecule has 0 aliphatic heterocycles. The maximum Gasteiger partial charge on any atom is 0.312 e. The Balaban J connectivity index is 1.33. The van der Waals surface area contributed by atoms with Crippen molar-refractivity contribution < 1.29 is 18.8 Å². The number of aromatic nitrogens is 1. The lowest BCUT2D eigenvalue weighted by Crippen LogP contribution is -2.57. The lowest BCUT2D eigenvalue weighted by atomic mass is 9.43. The fourth-order valence-corrected chi connectivity index (χ4v) is 6.62. The van der Waals surface area contributed by atoms with Crippen molar-refractivity contribution >= 4 is 17.7 Å². The van der Waals surface area contributed by atoms with Gasteiger partial charge in [-0.05, 0) is 75.2 Å². The molecule has 4 saturated carbocycles. The van der Waals surface area contributed by atoms with Gasteiger partial charge in [0.2, 0.25) is 0 Å². The lowest BCUT2D eigenvalue weighted by molar-refractivity contribution is -0.180. The van der Waals surface area contributed by atoms with Crippen molar-refractivity contribution in [3.8, 4) is 0 Å². The average molecular weight is 408 g/mol. The zero-order valence-electron chi connectivity index (χ0n) is 17.5. The van der Waals surface area contributed by atoms with Gasteiger partial charge in [-0.1, -0.05) is 35.5 Å². The Bertz CT molecular complexity index is 953. The summed E-state index contributed by atoms with van der Waals surface area (Å²) < 4.78 is 10.7. The van der Waals surface area contributed by atoms with Crippen LogP contribution in [0.3, 0.4) is 0 Å². The highest BCUT2D eigenvalue weighted by Crippen LogP contribution is 2.66. The summed E-state index contributed by atoms with van der Waals surface area (Å²) in [5.41, 5.74) is 0.941. The van der Waals surface area contributed by atoms with Gasteiger partial charge in [-0.25, -0.2) is 0 Å². The molecule has 6 rings (SSSR count). The minimum absolute atomic E-state index is 0.0636. The van der Waals surface area contributed by atoms with E-state index >= 15 is 0 Å². The summed E-state index contributed by atoms with van der Waals surface area (Å²) in [5.74, 6) is 1.45. The Morgan fingerprint density at radius 1 is 1.17 bits per heavy atom. The molecule has 2 aromatic rings. The normalized spacial score (nSPS) is 32.6. The summed E-state index contributed by atoms with van der Waals surface area (Å²) in [4.78, 5) is 25.9. The standard InChI is InChI=1S/C24H28N2O4/c1-15-8-20(26-30-15)25-21(27)16(2)29-22(28)24-12-17-9-18(13-24)11-23(10-17,14-24)19-6-4-3-5-7-19/h3-8,16-18H,9-14H2,1-2H3,(H,25,26,27)/t16-,17-,18+,23?,24?/m0/s1. The first-order valence-electron chi connectivity index (χ1n) is 10.9. The number of aryl methyl sites for hydroxylation is 1. The smallest absolute Gasteiger partial charge is 0.312 e. The van der Waals surface area contributed by atoms with Gasteiger partial charge in [0, 0.05) is 6.07 Å². The van der Waals surface area contributed by atoms with Crippen molar-refractivity contribution in [3.05, 3.63) is 47.7 Å². The predicted octanol–water partition coefficient (Wildman–Crippen LogP) is 4.39. The zero-order valence-corrected chi connectivity index (χ0v) is 17.5. The second-order valence-electron chi connectivity index (χ2n) is 9.75. The highest BCUT2D eigenvalue weighted by atomic mass is 16.5. The Kier molecular flexibility index (Phi) is 4.49. The summed E-state index contributed by atoms with van der Waals surface area (Å²) in [5, 5.41) is 6.42. The molecule has 4 fully saturated rings. The molecule has 0 saturated heterocycles. The molecule has 1 aromatic carbocycles. The molecule has 158 valence electrons. The third kappa shape index (κ3) is 3.22. The molecule has 0 spiro atoms. The third-order valence-electron chi connectivity index (χ3n) is 7.41. The summed E-state index contributed by atoms with van der Waals surface area (Å²) in [6.07, 6.45) is 5.24. The van der Waals surface area contributed by atoms with Crippen LogP contribution in [0.25, 0.3) is 0 Å². The molecule has 6 heteroatoms. The van der Waals surface area contributed by atoms with Crippen molar-refractivity contribution in [1.29, 1.82) is 0 Å². The second kappa shape index (κ2) is 6.96. The van der Waals surface area contributed by atoms with Crippen LogP contribution in [0.5, 0.6) is 0 Å². The summed E-state index contributed by atoms with van der Waals surface area (Å²) in [6, 6.07) is 12.3. The van der Waals surface area contributed by atoms with Gasteiger partial charge in [0.05, 0.1) is 5.41 Å². The Morgan fingerprint density at radius 3 is 2.50 bits per heavy atom. The van der Waals surface area contributed by atoms with E-state index in [2.05, 4.69) is 34.7 Å². The fourth-order valence-electron chi connectivity index (χ4n) is 6.62. The van der Waals surface area contributed by atoms with Gasteiger partial charge in [0.1, 0.15) is 5.76 Å². The molecular formula is C24H28N2O4. The predicted molar refractivity (Wildman–Crippen MR) is 111 cm³/mol. The molecule has 1 N–H and O–H groups in total. The number of anilines is 1. The number of ether oxygens (including phenoxy) is 1. The minimum atomic E-state index is -0.879. The number of nitrogens with one attached hydrogen (secondary N) is 1. The molecule has 1 amide bonds. The third-order valence-corrected chi connectivity index (χ3v) is 7.41. The van der Waals surface area contributed by atoms with Crippen LogP contribution < -0.4 is 5.32 Å². The van der Waals surface area contributed by atoms with Gasteiger partial charge < -0.3 is 14.6 Å². The Labute approximate surface area is 176 Å². The number of hydrogen-bond acceptors (Lipinski definition) is 5. The van der Waals surface area contributed by atoms with Crippen molar-refractivity contribution in [3.63, 3.8) is 0 Å². The van der Waals surface area contributed by atoms with Crippen LogP contribution in [0.15, 0.2) is 40.9 Å². The van der Waals surface area contributed by atoms with Crippen molar-refractivity contribution in [2.45, 2.75) is 63.9 Å². The number of carbonyl (C=O) groups is 2. The molecule has 5 atom stereocenters. The van der Waals surface area contributed by atoms with E-state index in [9.17, 15) is 9.59 Å². The second-order valence-corrected chi connectivity index (χ2v) is 9.75. The number of esters is 1. The monoisotopic (exact) mass is 408 g/mol. The molecule has 30 heavy (non-hydrogen) atoms. The quantitative estimate of drug-likeness (QED) is 0.742. The summed E-state index contributed by atoms with van der Waals surface area (Å²) in [7, 11) is 0. The molecule has 4 aliphatic carbocycles. The van der Waals surface area contributed by atoms with E-state index in [4.69, 9.17) is 9.26 Å². The average Bonchev–Trinajstić information content (AvgIpc) is 3.12. The van der Waals surface area contributed by atoms with Crippen LogP contribution in [-0.4, -0.2) is 23.1 Å². The molecule has 4 aliphatic rings. The first-order valence-corrected chi connectivity index (χ1v) is 10.9. The lowest BCUT2D eigenvalue weighted by Gasteiger charge is -2.61.